The summed E-state index contributed by atoms with van der Waals surface area (Å²) >= 11 is 0. The number of hydrogen-bond acceptors (Lipinski definition) is 4. The average molecular weight is 302 g/mol. The third kappa shape index (κ3) is 3.57. The molecule has 0 saturated carbocycles. The Morgan fingerprint density at radius 3 is 2.41 bits per heavy atom. The van der Waals surface area contributed by atoms with Crippen molar-refractivity contribution in [1.82, 2.24) is 9.88 Å². The van der Waals surface area contributed by atoms with Crippen LogP contribution in [-0.4, -0.2) is 30.5 Å². The maximum absolute atomic E-state index is 13.9. The highest BCUT2D eigenvalue weighted by Crippen LogP contribution is 2.24. The summed E-state index contributed by atoms with van der Waals surface area (Å²) in [4.78, 5) is 5.81. The lowest BCUT2D eigenvalue weighted by Gasteiger charge is -2.26. The Morgan fingerprint density at radius 1 is 1.23 bits per heavy atom. The van der Waals surface area contributed by atoms with Crippen LogP contribution in [0.15, 0.2) is 36.5 Å². The molecule has 0 radical (unpaired) electrons. The van der Waals surface area contributed by atoms with Crippen molar-refractivity contribution >= 4 is 5.82 Å². The van der Waals surface area contributed by atoms with Crippen molar-refractivity contribution in [2.24, 2.45) is 0 Å². The third-order valence-electron chi connectivity index (χ3n) is 3.33. The smallest absolute Gasteiger partial charge is 0.130 e. The molecule has 1 aromatic carbocycles. The Bertz CT molecular complexity index is 657. The van der Waals surface area contributed by atoms with Crippen molar-refractivity contribution < 1.29 is 8.78 Å². The van der Waals surface area contributed by atoms with E-state index in [-0.39, 0.29) is 12.1 Å². The number of likely N-dealkylation sites (N-methyl/N-ethyl adjacent to an activating group) is 1. The molecule has 0 amide bonds. The highest BCUT2D eigenvalue weighted by atomic mass is 19.1. The Kier molecular flexibility index (Phi) is 5.02. The van der Waals surface area contributed by atoms with Crippen LogP contribution < -0.4 is 5.32 Å². The zero-order valence-electron chi connectivity index (χ0n) is 12.3. The summed E-state index contributed by atoms with van der Waals surface area (Å²) in [5.41, 5.74) is 0.475. The normalized spacial score (nSPS) is 12.0. The maximum Gasteiger partial charge on any atom is 0.130 e. The van der Waals surface area contributed by atoms with Gasteiger partial charge in [0.05, 0.1) is 11.6 Å². The van der Waals surface area contributed by atoms with Crippen molar-refractivity contribution in [2.75, 3.05) is 26.0 Å². The van der Waals surface area contributed by atoms with Gasteiger partial charge in [-0.15, -0.1) is 0 Å². The molecule has 0 fully saturated rings. The number of pyridine rings is 1. The Morgan fingerprint density at radius 2 is 1.91 bits per heavy atom. The molecule has 2 rings (SSSR count). The van der Waals surface area contributed by atoms with Crippen LogP contribution >= 0.6 is 0 Å². The molecular weight excluding hydrogens is 286 g/mol. The number of halogens is 2. The molecule has 0 unspecified atom stereocenters. The van der Waals surface area contributed by atoms with Gasteiger partial charge in [-0.1, -0.05) is 6.07 Å². The summed E-state index contributed by atoms with van der Waals surface area (Å²) in [6, 6.07) is 8.61. The standard InChI is InChI=1S/C16H16F2N4/c1-22(2)14(16-12(17)4-3-5-13(16)18)10-21-15-7-6-11(8-19)9-20-15/h3-7,9,14H,10H2,1-2H3,(H,20,21)/t14-/m1/s1. The molecule has 22 heavy (non-hydrogen) atoms. The molecule has 0 bridgehead atoms. The van der Waals surface area contributed by atoms with E-state index in [1.807, 2.05) is 6.07 Å². The molecular formula is C16H16F2N4. The molecule has 0 aliphatic heterocycles. The van der Waals surface area contributed by atoms with Crippen molar-refractivity contribution in [3.05, 3.63) is 59.3 Å². The summed E-state index contributed by atoms with van der Waals surface area (Å²) in [6.45, 7) is 0.282. The van der Waals surface area contributed by atoms with Gasteiger partial charge in [-0.2, -0.15) is 5.26 Å². The van der Waals surface area contributed by atoms with Gasteiger partial charge in [-0.25, -0.2) is 13.8 Å². The van der Waals surface area contributed by atoms with Crippen LogP contribution in [0.3, 0.4) is 0 Å². The molecule has 4 nitrogen and oxygen atoms in total. The quantitative estimate of drug-likeness (QED) is 0.922. The lowest BCUT2D eigenvalue weighted by Crippen LogP contribution is -2.28. The molecule has 1 heterocycles. The van der Waals surface area contributed by atoms with E-state index < -0.39 is 17.7 Å². The molecule has 0 saturated heterocycles. The van der Waals surface area contributed by atoms with Crippen LogP contribution in [0.2, 0.25) is 0 Å². The zero-order valence-corrected chi connectivity index (χ0v) is 12.3. The van der Waals surface area contributed by atoms with Gasteiger partial charge in [0.25, 0.3) is 0 Å². The summed E-state index contributed by atoms with van der Waals surface area (Å²) in [5.74, 6) is -0.607. The van der Waals surface area contributed by atoms with Gasteiger partial charge in [0, 0.05) is 18.3 Å². The lowest BCUT2D eigenvalue weighted by atomic mass is 10.0. The Labute approximate surface area is 128 Å². The van der Waals surface area contributed by atoms with E-state index in [0.717, 1.165) is 0 Å². The second kappa shape index (κ2) is 6.96. The number of aromatic nitrogens is 1. The Hall–Kier alpha value is -2.52. The van der Waals surface area contributed by atoms with Gasteiger partial charge in [0.15, 0.2) is 0 Å². The highest BCUT2D eigenvalue weighted by molar-refractivity contribution is 5.39. The largest absolute Gasteiger partial charge is 0.368 e. The average Bonchev–Trinajstić information content (AvgIpc) is 2.50. The van der Waals surface area contributed by atoms with Gasteiger partial charge >= 0.3 is 0 Å². The number of nitrogens with one attached hydrogen (secondary N) is 1. The minimum absolute atomic E-state index is 0.0219. The van der Waals surface area contributed by atoms with Crippen LogP contribution in [0.25, 0.3) is 0 Å². The van der Waals surface area contributed by atoms with Crippen molar-refractivity contribution in [2.45, 2.75) is 6.04 Å². The Balaban J connectivity index is 2.17. The van der Waals surface area contributed by atoms with E-state index in [2.05, 4.69) is 10.3 Å². The van der Waals surface area contributed by atoms with Gasteiger partial charge in [-0.05, 0) is 38.4 Å². The summed E-state index contributed by atoms with van der Waals surface area (Å²) in [6.07, 6.45) is 1.44. The van der Waals surface area contributed by atoms with Crippen LogP contribution in [-0.2, 0) is 0 Å². The number of hydrogen-bond donors (Lipinski definition) is 1. The fraction of sp³-hybridized carbons (Fsp3) is 0.250. The SMILES string of the molecule is CN(C)[C@H](CNc1ccc(C#N)cn1)c1c(F)cccc1F. The fourth-order valence-electron chi connectivity index (χ4n) is 2.14. The van der Waals surface area contributed by atoms with Crippen molar-refractivity contribution in [3.63, 3.8) is 0 Å². The maximum atomic E-state index is 13.9. The first-order chi connectivity index (χ1) is 10.5. The van der Waals surface area contributed by atoms with Gasteiger partial charge in [0.2, 0.25) is 0 Å². The monoisotopic (exact) mass is 302 g/mol. The zero-order chi connectivity index (χ0) is 16.1. The van der Waals surface area contributed by atoms with Crippen LogP contribution in [0.4, 0.5) is 14.6 Å². The van der Waals surface area contributed by atoms with Gasteiger partial charge in [0.1, 0.15) is 23.5 Å². The fourth-order valence-corrected chi connectivity index (χ4v) is 2.14. The molecule has 6 heteroatoms. The lowest BCUT2D eigenvalue weighted by molar-refractivity contribution is 0.295. The summed E-state index contributed by atoms with van der Waals surface area (Å²) in [5, 5.41) is 11.8. The second-order valence-electron chi connectivity index (χ2n) is 5.04. The molecule has 1 aromatic heterocycles. The second-order valence-corrected chi connectivity index (χ2v) is 5.04. The molecule has 1 N–H and O–H groups in total. The van der Waals surface area contributed by atoms with E-state index in [4.69, 9.17) is 5.26 Å². The molecule has 0 aliphatic carbocycles. The summed E-state index contributed by atoms with van der Waals surface area (Å²) in [7, 11) is 3.51. The van der Waals surface area contributed by atoms with Gasteiger partial charge in [-0.3, -0.25) is 0 Å². The van der Waals surface area contributed by atoms with Crippen LogP contribution in [0, 0.1) is 23.0 Å². The van der Waals surface area contributed by atoms with Crippen molar-refractivity contribution in [1.29, 1.82) is 5.26 Å². The predicted molar refractivity (Wildman–Crippen MR) is 80.2 cm³/mol. The van der Waals surface area contributed by atoms with Crippen LogP contribution in [0.1, 0.15) is 17.2 Å². The van der Waals surface area contributed by atoms with E-state index in [9.17, 15) is 8.78 Å². The third-order valence-corrected chi connectivity index (χ3v) is 3.33. The molecule has 1 atom stereocenters. The first-order valence-electron chi connectivity index (χ1n) is 6.73. The number of benzene rings is 1. The van der Waals surface area contributed by atoms with E-state index in [1.54, 1.807) is 31.1 Å². The first-order valence-corrected chi connectivity index (χ1v) is 6.73. The molecule has 2 aromatic rings. The topological polar surface area (TPSA) is 52.0 Å². The van der Waals surface area contributed by atoms with E-state index in [1.165, 1.54) is 24.4 Å². The number of nitrogens with zero attached hydrogens (tertiary/aromatic N) is 3. The summed E-state index contributed by atoms with van der Waals surface area (Å²) < 4.78 is 27.9. The molecule has 0 spiro atoms. The van der Waals surface area contributed by atoms with Crippen LogP contribution in [0.5, 0.6) is 0 Å². The van der Waals surface area contributed by atoms with Crippen molar-refractivity contribution in [3.8, 4) is 6.07 Å². The predicted octanol–water partition coefficient (Wildman–Crippen LogP) is 2.95. The highest BCUT2D eigenvalue weighted by Gasteiger charge is 2.22. The number of nitriles is 1. The molecule has 114 valence electrons. The number of rotatable bonds is 5. The first kappa shape index (κ1) is 15.9. The minimum atomic E-state index is -0.576. The molecule has 0 aliphatic rings. The number of anilines is 1. The minimum Gasteiger partial charge on any atom is -0.368 e. The van der Waals surface area contributed by atoms with Gasteiger partial charge < -0.3 is 10.2 Å². The van der Waals surface area contributed by atoms with E-state index in [0.29, 0.717) is 11.4 Å². The van der Waals surface area contributed by atoms with E-state index >= 15 is 0 Å².